The molecule has 0 saturated heterocycles. The van der Waals surface area contributed by atoms with E-state index >= 15 is 0 Å². The van der Waals surface area contributed by atoms with E-state index in [0.717, 1.165) is 70.5 Å². The van der Waals surface area contributed by atoms with Gasteiger partial charge >= 0.3 is 6.16 Å². The molecule has 0 saturated carbocycles. The van der Waals surface area contributed by atoms with E-state index < -0.39 is 16.5 Å². The number of hydrogen-bond acceptors (Lipinski definition) is 5. The summed E-state index contributed by atoms with van der Waals surface area (Å²) < 4.78 is 23.4. The molecule has 0 radical (unpaired) electrons. The van der Waals surface area contributed by atoms with Gasteiger partial charge in [0.05, 0.1) is 19.8 Å². The van der Waals surface area contributed by atoms with Crippen LogP contribution in [0.5, 0.6) is 17.2 Å². The van der Waals surface area contributed by atoms with Crippen molar-refractivity contribution in [3.05, 3.63) is 72.8 Å². The highest BCUT2D eigenvalue weighted by Gasteiger charge is 2.36. The smallest absolute Gasteiger partial charge is 0.494 e. The number of hydrogen-bond donors (Lipinski definition) is 1. The van der Waals surface area contributed by atoms with Crippen molar-refractivity contribution in [1.29, 1.82) is 0 Å². The number of ether oxygens (including phenoxy) is 3. The molecule has 206 valence electrons. The maximum atomic E-state index is 12.2. The SMILES string of the molecule is CCCCOc1ccc(S(OC(=O)O)(c2ccc(OCCCC)cc2)c2ccc(OCCCC)cc2)cc1. The summed E-state index contributed by atoms with van der Waals surface area (Å²) in [6.45, 7) is 8.27. The fourth-order valence-corrected chi connectivity index (χ4v) is 6.72. The zero-order valence-corrected chi connectivity index (χ0v) is 23.5. The molecule has 3 aromatic rings. The van der Waals surface area contributed by atoms with Crippen LogP contribution in [0.15, 0.2) is 87.5 Å². The molecule has 0 heterocycles. The minimum Gasteiger partial charge on any atom is -0.494 e. The Bertz CT molecular complexity index is 967. The van der Waals surface area contributed by atoms with Crippen molar-refractivity contribution in [3.8, 4) is 17.2 Å². The van der Waals surface area contributed by atoms with Crippen molar-refractivity contribution in [1.82, 2.24) is 0 Å². The van der Waals surface area contributed by atoms with Gasteiger partial charge in [-0.3, -0.25) is 0 Å². The molecular weight excluding hydrogens is 500 g/mol. The molecule has 38 heavy (non-hydrogen) atoms. The van der Waals surface area contributed by atoms with Crippen LogP contribution in [0.2, 0.25) is 0 Å². The lowest BCUT2D eigenvalue weighted by Crippen LogP contribution is -2.12. The Balaban J connectivity index is 2.05. The summed E-state index contributed by atoms with van der Waals surface area (Å²) in [4.78, 5) is 14.4. The molecule has 1 N–H and O–H groups in total. The number of carboxylic acid groups (broad SMARTS) is 1. The molecule has 0 fully saturated rings. The van der Waals surface area contributed by atoms with Crippen LogP contribution in [0.25, 0.3) is 0 Å². The minimum absolute atomic E-state index is 0.637. The monoisotopic (exact) mass is 540 g/mol. The van der Waals surface area contributed by atoms with Gasteiger partial charge in [0.25, 0.3) is 0 Å². The van der Waals surface area contributed by atoms with Crippen molar-refractivity contribution in [2.75, 3.05) is 19.8 Å². The van der Waals surface area contributed by atoms with E-state index in [1.54, 1.807) is 0 Å². The van der Waals surface area contributed by atoms with Gasteiger partial charge in [-0.05, 0) is 102 Å². The number of unbranched alkanes of at least 4 members (excludes halogenated alkanes) is 3. The van der Waals surface area contributed by atoms with Gasteiger partial charge in [-0.2, -0.15) is 0 Å². The van der Waals surface area contributed by atoms with Crippen molar-refractivity contribution in [2.24, 2.45) is 0 Å². The Labute approximate surface area is 228 Å². The quantitative estimate of drug-likeness (QED) is 0.183. The van der Waals surface area contributed by atoms with Crippen LogP contribution >= 0.6 is 10.3 Å². The van der Waals surface area contributed by atoms with E-state index in [2.05, 4.69) is 20.8 Å². The molecule has 0 bridgehead atoms. The van der Waals surface area contributed by atoms with E-state index in [-0.39, 0.29) is 0 Å². The molecule has 0 atom stereocenters. The summed E-state index contributed by atoms with van der Waals surface area (Å²) in [7, 11) is -2.62. The molecule has 3 aromatic carbocycles. The van der Waals surface area contributed by atoms with Crippen molar-refractivity contribution in [3.63, 3.8) is 0 Å². The van der Waals surface area contributed by atoms with Gasteiger partial charge in [0.2, 0.25) is 0 Å². The molecular formula is C31H40O6S. The predicted octanol–water partition coefficient (Wildman–Crippen LogP) is 9.11. The molecule has 0 unspecified atom stereocenters. The zero-order valence-electron chi connectivity index (χ0n) is 22.7. The molecule has 3 rings (SSSR count). The van der Waals surface area contributed by atoms with Crippen LogP contribution in [0, 0.1) is 0 Å². The first kappa shape index (κ1) is 29.2. The van der Waals surface area contributed by atoms with Crippen LogP contribution in [0.1, 0.15) is 59.3 Å². The highest BCUT2D eigenvalue weighted by Crippen LogP contribution is 2.69. The van der Waals surface area contributed by atoms with E-state index in [1.165, 1.54) is 0 Å². The average Bonchev–Trinajstić information content (AvgIpc) is 2.93. The molecule has 7 heteroatoms. The highest BCUT2D eigenvalue weighted by molar-refractivity contribution is 8.30. The van der Waals surface area contributed by atoms with Crippen molar-refractivity contribution in [2.45, 2.75) is 74.0 Å². The number of carbonyl (C=O) groups is 1. The van der Waals surface area contributed by atoms with Crippen LogP contribution in [-0.2, 0) is 4.18 Å². The normalized spacial score (nSPS) is 11.6. The molecule has 0 spiro atoms. The fourth-order valence-electron chi connectivity index (χ4n) is 3.85. The van der Waals surface area contributed by atoms with Crippen LogP contribution in [0.4, 0.5) is 4.79 Å². The zero-order chi connectivity index (χ0) is 27.2. The summed E-state index contributed by atoms with van der Waals surface area (Å²) in [5, 5.41) is 9.95. The Morgan fingerprint density at radius 2 is 0.868 bits per heavy atom. The first-order valence-corrected chi connectivity index (χ1v) is 15.0. The highest BCUT2D eigenvalue weighted by atomic mass is 32.3. The molecule has 6 nitrogen and oxygen atoms in total. The van der Waals surface area contributed by atoms with Crippen LogP contribution < -0.4 is 14.2 Å². The summed E-state index contributed by atoms with van der Waals surface area (Å²) in [6, 6.07) is 22.7. The molecule has 0 aromatic heterocycles. The minimum atomic E-state index is -2.62. The summed E-state index contributed by atoms with van der Waals surface area (Å²) in [6.07, 6.45) is 4.72. The van der Waals surface area contributed by atoms with Gasteiger partial charge in [0, 0.05) is 14.7 Å². The molecule has 0 aliphatic carbocycles. The standard InChI is InChI=1S/C31H40O6S/c1-4-7-22-34-25-10-16-28(17-11-25)38(37-31(32)33,29-18-12-26(13-19-29)35-23-8-5-2)30-20-14-27(15-21-30)36-24-9-6-3/h10-21H,4-9,22-24H2,1-3H3,(H,32,33). The van der Waals surface area contributed by atoms with Crippen molar-refractivity contribution >= 4 is 16.5 Å². The number of rotatable bonds is 16. The maximum absolute atomic E-state index is 12.2. The van der Waals surface area contributed by atoms with Crippen LogP contribution in [-0.4, -0.2) is 31.1 Å². The average molecular weight is 541 g/mol. The van der Waals surface area contributed by atoms with E-state index in [0.29, 0.717) is 19.8 Å². The third kappa shape index (κ3) is 7.84. The fraction of sp³-hybridized carbons (Fsp3) is 0.387. The third-order valence-corrected chi connectivity index (χ3v) is 9.16. The van der Waals surface area contributed by atoms with Gasteiger partial charge in [-0.15, -0.1) is 0 Å². The van der Waals surface area contributed by atoms with Gasteiger partial charge < -0.3 is 23.5 Å². The Hall–Kier alpha value is -3.32. The summed E-state index contributed by atoms with van der Waals surface area (Å²) in [5.41, 5.74) is 0. The second-order valence-corrected chi connectivity index (χ2v) is 11.6. The topological polar surface area (TPSA) is 74.2 Å². The Morgan fingerprint density at radius 1 is 0.579 bits per heavy atom. The van der Waals surface area contributed by atoms with Crippen LogP contribution in [0.3, 0.4) is 0 Å². The van der Waals surface area contributed by atoms with E-state index in [4.69, 9.17) is 18.4 Å². The lowest BCUT2D eigenvalue weighted by atomic mass is 10.3. The maximum Gasteiger partial charge on any atom is 0.517 e. The Kier molecular flexibility index (Phi) is 11.7. The van der Waals surface area contributed by atoms with Gasteiger partial charge in [-0.25, -0.2) is 4.79 Å². The van der Waals surface area contributed by atoms with E-state index in [9.17, 15) is 9.90 Å². The summed E-state index contributed by atoms with van der Waals surface area (Å²) >= 11 is 0. The first-order valence-electron chi connectivity index (χ1n) is 13.5. The largest absolute Gasteiger partial charge is 0.517 e. The van der Waals surface area contributed by atoms with Gasteiger partial charge in [-0.1, -0.05) is 40.0 Å². The van der Waals surface area contributed by atoms with Gasteiger partial charge in [0.1, 0.15) is 17.2 Å². The number of benzene rings is 3. The molecule has 0 aliphatic rings. The third-order valence-electron chi connectivity index (χ3n) is 5.96. The van der Waals surface area contributed by atoms with Gasteiger partial charge in [0.15, 0.2) is 0 Å². The lowest BCUT2D eigenvalue weighted by Gasteiger charge is -2.38. The molecule has 0 amide bonds. The van der Waals surface area contributed by atoms with E-state index in [1.807, 2.05) is 72.8 Å². The molecule has 0 aliphatic heterocycles. The predicted molar refractivity (Wildman–Crippen MR) is 152 cm³/mol. The summed E-state index contributed by atoms with van der Waals surface area (Å²) in [5.74, 6) is 2.22. The second-order valence-electron chi connectivity index (χ2n) is 8.93. The van der Waals surface area contributed by atoms with Crippen molar-refractivity contribution < 1.29 is 28.3 Å². The lowest BCUT2D eigenvalue weighted by molar-refractivity contribution is 0.150. The second kappa shape index (κ2) is 15.2. The Morgan fingerprint density at radius 3 is 1.11 bits per heavy atom. The first-order chi connectivity index (χ1) is 18.5.